The van der Waals surface area contributed by atoms with Gasteiger partial charge < -0.3 is 10.6 Å². The summed E-state index contributed by atoms with van der Waals surface area (Å²) in [7, 11) is -3.48. The Morgan fingerprint density at radius 2 is 1.67 bits per heavy atom. The molecule has 1 aliphatic carbocycles. The van der Waals surface area contributed by atoms with Gasteiger partial charge >= 0.3 is 0 Å². The lowest BCUT2D eigenvalue weighted by molar-refractivity contribution is -0.132. The summed E-state index contributed by atoms with van der Waals surface area (Å²) in [5, 5.41) is 0. The fourth-order valence-electron chi connectivity index (χ4n) is 3.97. The molecule has 150 valence electrons. The SMILES string of the molecule is NCCCCCCC(=O)N1CCN(S(=O)(=O)c2ccc3c(c2)CCC3)CC1. The smallest absolute Gasteiger partial charge is 0.243 e. The number of sulfonamides is 1. The van der Waals surface area contributed by atoms with E-state index in [9.17, 15) is 13.2 Å². The highest BCUT2D eigenvalue weighted by Crippen LogP contribution is 2.26. The number of unbranched alkanes of at least 4 members (excludes halogenated alkanes) is 3. The second-order valence-electron chi connectivity index (χ2n) is 7.52. The van der Waals surface area contributed by atoms with Crippen molar-refractivity contribution in [1.29, 1.82) is 0 Å². The highest BCUT2D eigenvalue weighted by atomic mass is 32.2. The highest BCUT2D eigenvalue weighted by molar-refractivity contribution is 7.89. The maximum Gasteiger partial charge on any atom is 0.243 e. The van der Waals surface area contributed by atoms with Gasteiger partial charge in [0.05, 0.1) is 4.90 Å². The van der Waals surface area contributed by atoms with Gasteiger partial charge in [-0.25, -0.2) is 8.42 Å². The molecule has 3 rings (SSSR count). The Hall–Kier alpha value is -1.44. The monoisotopic (exact) mass is 393 g/mol. The van der Waals surface area contributed by atoms with Crippen molar-refractivity contribution in [3.8, 4) is 0 Å². The summed E-state index contributed by atoms with van der Waals surface area (Å²) in [5.74, 6) is 0.136. The van der Waals surface area contributed by atoms with Crippen molar-refractivity contribution >= 4 is 15.9 Å². The van der Waals surface area contributed by atoms with E-state index in [-0.39, 0.29) is 5.91 Å². The number of amides is 1. The first kappa shape index (κ1) is 20.3. The van der Waals surface area contributed by atoms with Gasteiger partial charge in [-0.15, -0.1) is 0 Å². The van der Waals surface area contributed by atoms with E-state index in [0.29, 0.717) is 44.0 Å². The average molecular weight is 394 g/mol. The number of hydrogen-bond acceptors (Lipinski definition) is 4. The third-order valence-electron chi connectivity index (χ3n) is 5.64. The number of fused-ring (bicyclic) bond motifs is 1. The van der Waals surface area contributed by atoms with E-state index < -0.39 is 10.0 Å². The molecule has 0 bridgehead atoms. The first-order valence-electron chi connectivity index (χ1n) is 10.1. The third kappa shape index (κ3) is 4.89. The van der Waals surface area contributed by atoms with E-state index in [1.54, 1.807) is 11.0 Å². The molecule has 2 N–H and O–H groups in total. The molecule has 1 fully saturated rings. The molecule has 6 nitrogen and oxygen atoms in total. The number of carbonyl (C=O) groups is 1. The summed E-state index contributed by atoms with van der Waals surface area (Å²) in [6.07, 6.45) is 7.63. The highest BCUT2D eigenvalue weighted by Gasteiger charge is 2.30. The lowest BCUT2D eigenvalue weighted by Gasteiger charge is -2.34. The van der Waals surface area contributed by atoms with Crippen LogP contribution in [0.5, 0.6) is 0 Å². The molecule has 1 saturated heterocycles. The number of nitrogens with zero attached hydrogens (tertiary/aromatic N) is 2. The maximum absolute atomic E-state index is 12.9. The van der Waals surface area contributed by atoms with Crippen molar-refractivity contribution in [2.24, 2.45) is 5.73 Å². The van der Waals surface area contributed by atoms with E-state index in [1.165, 1.54) is 15.4 Å². The standard InChI is InChI=1S/C20H31N3O3S/c21-11-4-2-1-3-8-20(24)22-12-14-23(15-13-22)27(25,26)19-10-9-17-6-5-7-18(17)16-19/h9-10,16H,1-8,11-15,21H2. The number of carbonyl (C=O) groups excluding carboxylic acids is 1. The zero-order chi connectivity index (χ0) is 19.3. The Morgan fingerprint density at radius 3 is 2.41 bits per heavy atom. The summed E-state index contributed by atoms with van der Waals surface area (Å²) in [6, 6.07) is 5.54. The Balaban J connectivity index is 1.51. The molecule has 0 aromatic heterocycles. The topological polar surface area (TPSA) is 83.7 Å². The van der Waals surface area contributed by atoms with Crippen LogP contribution in [0.2, 0.25) is 0 Å². The van der Waals surface area contributed by atoms with E-state index in [0.717, 1.165) is 44.9 Å². The average Bonchev–Trinajstić information content (AvgIpc) is 3.15. The Labute approximate surface area is 162 Å². The summed E-state index contributed by atoms with van der Waals surface area (Å²) < 4.78 is 27.4. The molecule has 0 saturated carbocycles. The largest absolute Gasteiger partial charge is 0.340 e. The molecular formula is C20H31N3O3S. The van der Waals surface area contributed by atoms with Gasteiger partial charge in [0, 0.05) is 32.6 Å². The maximum atomic E-state index is 12.9. The zero-order valence-corrected chi connectivity index (χ0v) is 16.8. The van der Waals surface area contributed by atoms with Crippen molar-refractivity contribution in [3.05, 3.63) is 29.3 Å². The summed E-state index contributed by atoms with van der Waals surface area (Å²) in [6.45, 7) is 2.41. The number of piperazine rings is 1. The number of nitrogens with two attached hydrogens (primary N) is 1. The van der Waals surface area contributed by atoms with Crippen LogP contribution in [0.25, 0.3) is 0 Å². The molecule has 0 unspecified atom stereocenters. The molecule has 0 radical (unpaired) electrons. The number of aryl methyl sites for hydroxylation is 2. The van der Waals surface area contributed by atoms with Gasteiger partial charge in [-0.3, -0.25) is 4.79 Å². The quantitative estimate of drug-likeness (QED) is 0.684. The molecule has 27 heavy (non-hydrogen) atoms. The van der Waals surface area contributed by atoms with Crippen LogP contribution in [0.1, 0.15) is 49.7 Å². The fraction of sp³-hybridized carbons (Fsp3) is 0.650. The summed E-state index contributed by atoms with van der Waals surface area (Å²) in [4.78, 5) is 14.5. The molecule has 1 heterocycles. The van der Waals surface area contributed by atoms with Gasteiger partial charge in [-0.2, -0.15) is 4.31 Å². The van der Waals surface area contributed by atoms with Crippen molar-refractivity contribution in [2.75, 3.05) is 32.7 Å². The molecule has 0 spiro atoms. The Kier molecular flexibility index (Phi) is 6.89. The lowest BCUT2D eigenvalue weighted by Crippen LogP contribution is -2.50. The van der Waals surface area contributed by atoms with Crippen molar-refractivity contribution in [2.45, 2.75) is 56.3 Å². The van der Waals surface area contributed by atoms with Crippen LogP contribution in [0.15, 0.2) is 23.1 Å². The van der Waals surface area contributed by atoms with Crippen LogP contribution in [0, 0.1) is 0 Å². The third-order valence-corrected chi connectivity index (χ3v) is 7.54. The van der Waals surface area contributed by atoms with Crippen LogP contribution in [-0.4, -0.2) is 56.3 Å². The predicted octanol–water partition coefficient (Wildman–Crippen LogP) is 1.92. The molecule has 1 aliphatic heterocycles. The molecule has 1 aromatic carbocycles. The first-order valence-corrected chi connectivity index (χ1v) is 11.6. The van der Waals surface area contributed by atoms with Crippen LogP contribution < -0.4 is 5.73 Å². The number of benzene rings is 1. The van der Waals surface area contributed by atoms with Crippen molar-refractivity contribution < 1.29 is 13.2 Å². The second-order valence-corrected chi connectivity index (χ2v) is 9.46. The van der Waals surface area contributed by atoms with E-state index in [4.69, 9.17) is 5.73 Å². The minimum absolute atomic E-state index is 0.136. The second kappa shape index (κ2) is 9.17. The lowest BCUT2D eigenvalue weighted by atomic mass is 10.1. The predicted molar refractivity (Wildman–Crippen MR) is 106 cm³/mol. The van der Waals surface area contributed by atoms with Crippen molar-refractivity contribution in [3.63, 3.8) is 0 Å². The van der Waals surface area contributed by atoms with E-state index >= 15 is 0 Å². The van der Waals surface area contributed by atoms with Crippen LogP contribution >= 0.6 is 0 Å². The zero-order valence-electron chi connectivity index (χ0n) is 16.0. The van der Waals surface area contributed by atoms with Gasteiger partial charge in [0.25, 0.3) is 0 Å². The Bertz CT molecular complexity index is 756. The van der Waals surface area contributed by atoms with E-state index in [1.807, 2.05) is 12.1 Å². The number of rotatable bonds is 8. The van der Waals surface area contributed by atoms with E-state index in [2.05, 4.69) is 0 Å². The molecule has 2 aliphatic rings. The minimum Gasteiger partial charge on any atom is -0.340 e. The molecule has 1 aromatic rings. The van der Waals surface area contributed by atoms with Crippen LogP contribution in [0.3, 0.4) is 0 Å². The first-order chi connectivity index (χ1) is 13.0. The molecule has 0 atom stereocenters. The summed E-state index contributed by atoms with van der Waals surface area (Å²) >= 11 is 0. The minimum atomic E-state index is -3.48. The fourth-order valence-corrected chi connectivity index (χ4v) is 5.44. The van der Waals surface area contributed by atoms with Gasteiger partial charge in [0.2, 0.25) is 15.9 Å². The molecular weight excluding hydrogens is 362 g/mol. The van der Waals surface area contributed by atoms with Gasteiger partial charge in [-0.05, 0) is 61.9 Å². The van der Waals surface area contributed by atoms with Crippen LogP contribution in [0.4, 0.5) is 0 Å². The summed E-state index contributed by atoms with van der Waals surface area (Å²) in [5.41, 5.74) is 7.92. The van der Waals surface area contributed by atoms with Crippen molar-refractivity contribution in [1.82, 2.24) is 9.21 Å². The Morgan fingerprint density at radius 1 is 0.963 bits per heavy atom. The van der Waals surface area contributed by atoms with Gasteiger partial charge in [-0.1, -0.05) is 18.9 Å². The molecule has 7 heteroatoms. The molecule has 1 amide bonds. The normalized spacial score (nSPS) is 17.9. The number of hydrogen-bond donors (Lipinski definition) is 1. The van der Waals surface area contributed by atoms with Crippen LogP contribution in [-0.2, 0) is 27.7 Å². The van der Waals surface area contributed by atoms with Gasteiger partial charge in [0.15, 0.2) is 0 Å². The van der Waals surface area contributed by atoms with Gasteiger partial charge in [0.1, 0.15) is 0 Å².